The molecule has 9 heteroatoms. The molecule has 164 valence electrons. The van der Waals surface area contributed by atoms with E-state index in [1.807, 2.05) is 33.2 Å². The third kappa shape index (κ3) is 9.67. The quantitative estimate of drug-likeness (QED) is 0.586. The smallest absolute Gasteiger partial charge is 0.387 e. The number of hydrogen-bond donors (Lipinski definition) is 3. The number of hydrogen-bond acceptors (Lipinski definition) is 6. The van der Waals surface area contributed by atoms with Gasteiger partial charge in [-0.2, -0.15) is 8.78 Å². The lowest BCUT2D eigenvalue weighted by atomic mass is 9.96. The molecule has 0 saturated heterocycles. The molecule has 6 nitrogen and oxygen atoms in total. The van der Waals surface area contributed by atoms with Crippen molar-refractivity contribution in [2.24, 2.45) is 5.73 Å². The number of rotatable bonds is 6. The van der Waals surface area contributed by atoms with Gasteiger partial charge in [0.05, 0.1) is 0 Å². The molecule has 0 saturated carbocycles. The van der Waals surface area contributed by atoms with E-state index in [1.165, 1.54) is 11.3 Å². The second-order valence-electron chi connectivity index (χ2n) is 6.72. The molecule has 1 aromatic heterocycles. The number of nitrogens with one attached hydrogen (secondary N) is 1. The Labute approximate surface area is 175 Å². The number of ether oxygens (including phenoxy) is 1. The summed E-state index contributed by atoms with van der Waals surface area (Å²) in [6.07, 6.45) is 2.72. The van der Waals surface area contributed by atoms with Crippen LogP contribution in [0.1, 0.15) is 56.7 Å². The molecule has 0 spiro atoms. The number of anilines is 1. The lowest BCUT2D eigenvalue weighted by molar-refractivity contribution is -0.106. The molecule has 0 fully saturated rings. The van der Waals surface area contributed by atoms with Gasteiger partial charge in [0.1, 0.15) is 16.4 Å². The first-order valence-corrected chi connectivity index (χ1v) is 9.96. The van der Waals surface area contributed by atoms with E-state index in [9.17, 15) is 13.9 Å². The predicted octanol–water partition coefficient (Wildman–Crippen LogP) is 4.49. The van der Waals surface area contributed by atoms with Crippen molar-refractivity contribution in [2.45, 2.75) is 59.2 Å². The molecular formula is C20H31F2N3O3S. The summed E-state index contributed by atoms with van der Waals surface area (Å²) in [5, 5.41) is 15.1. The molecule has 0 bridgehead atoms. The number of aliphatic hydroxyl groups is 1. The molecule has 0 radical (unpaired) electrons. The number of alkyl halides is 2. The summed E-state index contributed by atoms with van der Waals surface area (Å²) >= 11 is 1.47. The number of benzene rings is 1. The van der Waals surface area contributed by atoms with Crippen molar-refractivity contribution in [2.75, 3.05) is 12.4 Å². The van der Waals surface area contributed by atoms with Crippen molar-refractivity contribution >= 4 is 23.4 Å². The minimum atomic E-state index is -2.78. The number of primary amides is 1. The van der Waals surface area contributed by atoms with E-state index in [0.717, 1.165) is 28.2 Å². The summed E-state index contributed by atoms with van der Waals surface area (Å²) in [7, 11) is 1.84. The Bertz CT molecular complexity index is 719. The molecule has 0 aliphatic carbocycles. The van der Waals surface area contributed by atoms with E-state index in [2.05, 4.69) is 20.8 Å². The maximum atomic E-state index is 12.2. The Morgan fingerprint density at radius 3 is 2.28 bits per heavy atom. The minimum absolute atomic E-state index is 0.236. The van der Waals surface area contributed by atoms with Crippen LogP contribution in [0.2, 0.25) is 0 Å². The van der Waals surface area contributed by atoms with Gasteiger partial charge in [-0.3, -0.25) is 4.79 Å². The molecule has 1 aromatic carbocycles. The molecule has 2 aromatic rings. The number of halogens is 2. The standard InChI is InChI=1S/C13H19F2NO.C6H9NOS.CH3NO/c1-5-9-6-10(17-13(14)15)7-11(8(2)3)12(9)16-4;1-6(2,8)5-7-3-4-9-5;2-1-3/h6-8,13,16H,5H2,1-4H3;3-4,8H,1-2H3;1H,(H2,2,3). The number of carbonyl (C=O) groups is 1. The van der Waals surface area contributed by atoms with Gasteiger partial charge in [0.2, 0.25) is 6.41 Å². The summed E-state index contributed by atoms with van der Waals surface area (Å²) < 4.78 is 29.0. The number of nitrogens with two attached hydrogens (primary N) is 1. The molecule has 29 heavy (non-hydrogen) atoms. The number of aryl methyl sites for hydroxylation is 1. The summed E-state index contributed by atoms with van der Waals surface area (Å²) in [5.41, 5.74) is 6.41. The molecule has 0 aliphatic heterocycles. The van der Waals surface area contributed by atoms with E-state index in [-0.39, 0.29) is 18.1 Å². The van der Waals surface area contributed by atoms with Crippen LogP contribution in [0, 0.1) is 0 Å². The van der Waals surface area contributed by atoms with E-state index in [1.54, 1.807) is 32.2 Å². The molecule has 0 atom stereocenters. The second-order valence-corrected chi connectivity index (χ2v) is 7.61. The normalized spacial score (nSPS) is 10.6. The van der Waals surface area contributed by atoms with Gasteiger partial charge >= 0.3 is 6.61 Å². The first-order valence-electron chi connectivity index (χ1n) is 9.08. The summed E-state index contributed by atoms with van der Waals surface area (Å²) in [4.78, 5) is 12.5. The molecule has 4 N–H and O–H groups in total. The monoisotopic (exact) mass is 431 g/mol. The maximum absolute atomic E-state index is 12.2. The van der Waals surface area contributed by atoms with Crippen LogP contribution in [-0.2, 0) is 16.8 Å². The lowest BCUT2D eigenvalue weighted by Crippen LogP contribution is -2.14. The molecular weight excluding hydrogens is 400 g/mol. The fourth-order valence-corrected chi connectivity index (χ4v) is 3.09. The van der Waals surface area contributed by atoms with Crippen molar-refractivity contribution in [3.8, 4) is 5.75 Å². The summed E-state index contributed by atoms with van der Waals surface area (Å²) in [6.45, 7) is 6.73. The highest BCUT2D eigenvalue weighted by Gasteiger charge is 2.17. The molecule has 1 amide bonds. The summed E-state index contributed by atoms with van der Waals surface area (Å²) in [5.74, 6) is 0.489. The average Bonchev–Trinajstić information content (AvgIpc) is 3.16. The Morgan fingerprint density at radius 2 is 1.97 bits per heavy atom. The first kappa shape index (κ1) is 26.7. The summed E-state index contributed by atoms with van der Waals surface area (Å²) in [6, 6.07) is 3.35. The van der Waals surface area contributed by atoms with Crippen LogP contribution in [0.25, 0.3) is 0 Å². The van der Waals surface area contributed by atoms with Gasteiger partial charge in [0, 0.05) is 24.3 Å². The zero-order valence-corrected chi connectivity index (χ0v) is 18.5. The minimum Gasteiger partial charge on any atom is -0.435 e. The number of carbonyl (C=O) groups excluding carboxylic acids is 1. The SMILES string of the molecule is CC(C)(O)c1nccs1.CCc1cc(OC(F)F)cc(C(C)C)c1NC.NC=O. The van der Waals surface area contributed by atoms with Gasteiger partial charge in [0.25, 0.3) is 0 Å². The van der Waals surface area contributed by atoms with Crippen molar-refractivity contribution < 1.29 is 23.4 Å². The Kier molecular flexibility index (Phi) is 12.0. The Morgan fingerprint density at radius 1 is 1.38 bits per heavy atom. The van der Waals surface area contributed by atoms with E-state index in [4.69, 9.17) is 4.79 Å². The van der Waals surface area contributed by atoms with Gasteiger partial charge in [-0.25, -0.2) is 4.98 Å². The zero-order valence-electron chi connectivity index (χ0n) is 17.7. The molecule has 0 aliphatic rings. The van der Waals surface area contributed by atoms with Crippen molar-refractivity contribution in [1.82, 2.24) is 4.98 Å². The van der Waals surface area contributed by atoms with Crippen LogP contribution in [0.15, 0.2) is 23.7 Å². The zero-order chi connectivity index (χ0) is 22.6. The molecule has 0 unspecified atom stereocenters. The number of amides is 1. The molecule has 1 heterocycles. The third-order valence-electron chi connectivity index (χ3n) is 3.66. The fraction of sp³-hybridized carbons (Fsp3) is 0.500. The van der Waals surface area contributed by atoms with Crippen LogP contribution in [0.4, 0.5) is 14.5 Å². The highest BCUT2D eigenvalue weighted by Crippen LogP contribution is 2.33. The Hall–Kier alpha value is -2.26. The highest BCUT2D eigenvalue weighted by atomic mass is 32.1. The van der Waals surface area contributed by atoms with Crippen molar-refractivity contribution in [3.63, 3.8) is 0 Å². The van der Waals surface area contributed by atoms with Gasteiger partial charge < -0.3 is 20.9 Å². The number of aromatic nitrogens is 1. The highest BCUT2D eigenvalue weighted by molar-refractivity contribution is 7.09. The van der Waals surface area contributed by atoms with Crippen LogP contribution in [-0.4, -0.2) is 30.2 Å². The fourth-order valence-electron chi connectivity index (χ4n) is 2.43. The largest absolute Gasteiger partial charge is 0.435 e. The van der Waals surface area contributed by atoms with Gasteiger partial charge in [0.15, 0.2) is 0 Å². The van der Waals surface area contributed by atoms with Crippen molar-refractivity contribution in [3.05, 3.63) is 39.8 Å². The first-order chi connectivity index (χ1) is 13.5. The average molecular weight is 432 g/mol. The van der Waals surface area contributed by atoms with Crippen LogP contribution in [0.5, 0.6) is 5.75 Å². The third-order valence-corrected chi connectivity index (χ3v) is 4.74. The Balaban J connectivity index is 0.000000544. The van der Waals surface area contributed by atoms with Crippen LogP contribution >= 0.6 is 11.3 Å². The van der Waals surface area contributed by atoms with Crippen molar-refractivity contribution in [1.29, 1.82) is 0 Å². The second kappa shape index (κ2) is 13.1. The maximum Gasteiger partial charge on any atom is 0.387 e. The molecule has 2 rings (SSSR count). The lowest BCUT2D eigenvalue weighted by Gasteiger charge is -2.18. The van der Waals surface area contributed by atoms with Crippen LogP contribution in [0.3, 0.4) is 0 Å². The van der Waals surface area contributed by atoms with E-state index < -0.39 is 12.2 Å². The number of nitrogens with zero attached hydrogens (tertiary/aromatic N) is 1. The van der Waals surface area contributed by atoms with Gasteiger partial charge in [-0.1, -0.05) is 20.8 Å². The number of thiazole rings is 1. The van der Waals surface area contributed by atoms with Gasteiger partial charge in [-0.05, 0) is 49.4 Å². The van der Waals surface area contributed by atoms with E-state index >= 15 is 0 Å². The predicted molar refractivity (Wildman–Crippen MR) is 114 cm³/mol. The van der Waals surface area contributed by atoms with E-state index in [0.29, 0.717) is 0 Å². The topological polar surface area (TPSA) is 97.5 Å². The van der Waals surface area contributed by atoms with Crippen LogP contribution < -0.4 is 15.8 Å². The van der Waals surface area contributed by atoms with Gasteiger partial charge in [-0.15, -0.1) is 11.3 Å².